The SMILES string of the molecule is c1ccc(CN2Cc3ccccc3SC2c2ccccc2)cc1. The predicted octanol–water partition coefficient (Wildman–Crippen LogP) is 5.49. The molecule has 3 aromatic carbocycles. The highest BCUT2D eigenvalue weighted by Gasteiger charge is 2.27. The number of rotatable bonds is 3. The summed E-state index contributed by atoms with van der Waals surface area (Å²) in [6.07, 6.45) is 0. The van der Waals surface area contributed by atoms with E-state index in [2.05, 4.69) is 89.8 Å². The highest BCUT2D eigenvalue weighted by atomic mass is 32.2. The Hall–Kier alpha value is -2.03. The Kier molecular flexibility index (Phi) is 4.18. The highest BCUT2D eigenvalue weighted by molar-refractivity contribution is 7.99. The molecule has 0 radical (unpaired) electrons. The van der Waals surface area contributed by atoms with Crippen molar-refractivity contribution in [2.45, 2.75) is 23.4 Å². The van der Waals surface area contributed by atoms with E-state index in [1.165, 1.54) is 21.6 Å². The minimum atomic E-state index is 0.367. The van der Waals surface area contributed by atoms with E-state index in [4.69, 9.17) is 0 Å². The molecule has 1 heterocycles. The Morgan fingerprint density at radius 1 is 0.783 bits per heavy atom. The smallest absolute Gasteiger partial charge is 0.0867 e. The Balaban J connectivity index is 1.68. The fraction of sp³-hybridized carbons (Fsp3) is 0.143. The van der Waals surface area contributed by atoms with Crippen molar-refractivity contribution in [3.05, 3.63) is 102 Å². The van der Waals surface area contributed by atoms with Crippen molar-refractivity contribution in [1.29, 1.82) is 0 Å². The van der Waals surface area contributed by atoms with Gasteiger partial charge in [-0.1, -0.05) is 78.9 Å². The van der Waals surface area contributed by atoms with Crippen LogP contribution in [0.25, 0.3) is 0 Å². The normalized spacial score (nSPS) is 17.7. The van der Waals surface area contributed by atoms with Gasteiger partial charge in [-0.05, 0) is 22.8 Å². The molecule has 0 spiro atoms. The second-order valence-electron chi connectivity index (χ2n) is 5.88. The van der Waals surface area contributed by atoms with Crippen LogP contribution in [-0.2, 0) is 13.1 Å². The molecular formula is C21H19NS. The fourth-order valence-corrected chi connectivity index (χ4v) is 4.37. The molecule has 0 aromatic heterocycles. The van der Waals surface area contributed by atoms with Crippen LogP contribution in [-0.4, -0.2) is 4.90 Å². The maximum Gasteiger partial charge on any atom is 0.0867 e. The quantitative estimate of drug-likeness (QED) is 0.628. The van der Waals surface area contributed by atoms with Gasteiger partial charge in [0, 0.05) is 18.0 Å². The molecular weight excluding hydrogens is 298 g/mol. The van der Waals surface area contributed by atoms with Crippen molar-refractivity contribution in [1.82, 2.24) is 4.90 Å². The van der Waals surface area contributed by atoms with E-state index < -0.39 is 0 Å². The van der Waals surface area contributed by atoms with E-state index in [1.54, 1.807) is 0 Å². The zero-order valence-corrected chi connectivity index (χ0v) is 13.7. The summed E-state index contributed by atoms with van der Waals surface area (Å²) in [6, 6.07) is 30.4. The minimum Gasteiger partial charge on any atom is -0.279 e. The summed E-state index contributed by atoms with van der Waals surface area (Å²) in [5.74, 6) is 0. The first-order chi connectivity index (χ1) is 11.4. The monoisotopic (exact) mass is 317 g/mol. The van der Waals surface area contributed by atoms with E-state index in [0.717, 1.165) is 13.1 Å². The molecule has 1 nitrogen and oxygen atoms in total. The fourth-order valence-electron chi connectivity index (χ4n) is 3.10. The van der Waals surface area contributed by atoms with Gasteiger partial charge >= 0.3 is 0 Å². The summed E-state index contributed by atoms with van der Waals surface area (Å²) in [5, 5.41) is 0.367. The lowest BCUT2D eigenvalue weighted by molar-refractivity contribution is 0.233. The lowest BCUT2D eigenvalue weighted by atomic mass is 10.1. The van der Waals surface area contributed by atoms with Gasteiger partial charge in [-0.15, -0.1) is 11.8 Å². The summed E-state index contributed by atoms with van der Waals surface area (Å²) < 4.78 is 0. The van der Waals surface area contributed by atoms with Gasteiger partial charge in [0.25, 0.3) is 0 Å². The molecule has 1 aliphatic rings. The van der Waals surface area contributed by atoms with Crippen LogP contribution in [0, 0.1) is 0 Å². The lowest BCUT2D eigenvalue weighted by Crippen LogP contribution is -2.29. The van der Waals surface area contributed by atoms with Gasteiger partial charge < -0.3 is 0 Å². The van der Waals surface area contributed by atoms with E-state index in [-0.39, 0.29) is 0 Å². The Bertz CT molecular complexity index is 770. The van der Waals surface area contributed by atoms with E-state index in [0.29, 0.717) is 5.37 Å². The van der Waals surface area contributed by atoms with Crippen LogP contribution in [0.4, 0.5) is 0 Å². The second-order valence-corrected chi connectivity index (χ2v) is 7.00. The molecule has 1 aliphatic heterocycles. The zero-order valence-electron chi connectivity index (χ0n) is 12.9. The van der Waals surface area contributed by atoms with Gasteiger partial charge in [0.1, 0.15) is 0 Å². The average Bonchev–Trinajstić information content (AvgIpc) is 2.63. The molecule has 0 saturated carbocycles. The highest BCUT2D eigenvalue weighted by Crippen LogP contribution is 2.45. The Morgan fingerprint density at radius 3 is 2.22 bits per heavy atom. The van der Waals surface area contributed by atoms with Gasteiger partial charge in [-0.25, -0.2) is 0 Å². The molecule has 23 heavy (non-hydrogen) atoms. The van der Waals surface area contributed by atoms with Crippen molar-refractivity contribution in [2.24, 2.45) is 0 Å². The summed E-state index contributed by atoms with van der Waals surface area (Å²) in [7, 11) is 0. The molecule has 114 valence electrons. The molecule has 0 saturated heterocycles. The molecule has 1 atom stereocenters. The van der Waals surface area contributed by atoms with Crippen molar-refractivity contribution in [2.75, 3.05) is 0 Å². The van der Waals surface area contributed by atoms with Crippen molar-refractivity contribution in [3.63, 3.8) is 0 Å². The second kappa shape index (κ2) is 6.61. The lowest BCUT2D eigenvalue weighted by Gasteiger charge is -2.36. The van der Waals surface area contributed by atoms with Crippen molar-refractivity contribution < 1.29 is 0 Å². The molecule has 2 heteroatoms. The molecule has 0 bridgehead atoms. The molecule has 0 amide bonds. The summed E-state index contributed by atoms with van der Waals surface area (Å²) in [6.45, 7) is 1.97. The van der Waals surface area contributed by atoms with Gasteiger partial charge in [-0.3, -0.25) is 4.90 Å². The number of hydrogen-bond acceptors (Lipinski definition) is 2. The zero-order chi connectivity index (χ0) is 15.5. The summed E-state index contributed by atoms with van der Waals surface area (Å²) >= 11 is 1.96. The third kappa shape index (κ3) is 3.19. The van der Waals surface area contributed by atoms with Crippen molar-refractivity contribution in [3.8, 4) is 0 Å². The molecule has 0 N–H and O–H groups in total. The minimum absolute atomic E-state index is 0.367. The summed E-state index contributed by atoms with van der Waals surface area (Å²) in [5.41, 5.74) is 4.18. The van der Waals surface area contributed by atoms with E-state index in [1.807, 2.05) is 11.8 Å². The number of thioether (sulfide) groups is 1. The molecule has 1 unspecified atom stereocenters. The third-order valence-electron chi connectivity index (χ3n) is 4.23. The first-order valence-corrected chi connectivity index (χ1v) is 8.85. The largest absolute Gasteiger partial charge is 0.279 e. The van der Waals surface area contributed by atoms with Crippen LogP contribution in [0.1, 0.15) is 22.1 Å². The van der Waals surface area contributed by atoms with Crippen LogP contribution in [0.15, 0.2) is 89.8 Å². The Labute approximate surface area is 142 Å². The van der Waals surface area contributed by atoms with Crippen molar-refractivity contribution >= 4 is 11.8 Å². The number of hydrogen-bond donors (Lipinski definition) is 0. The van der Waals surface area contributed by atoms with Gasteiger partial charge in [0.2, 0.25) is 0 Å². The predicted molar refractivity (Wildman–Crippen MR) is 97.2 cm³/mol. The summed E-state index contributed by atoms with van der Waals surface area (Å²) in [4.78, 5) is 3.98. The first kappa shape index (κ1) is 14.6. The molecule has 0 aliphatic carbocycles. The maximum atomic E-state index is 2.57. The molecule has 3 aromatic rings. The maximum absolute atomic E-state index is 2.57. The van der Waals surface area contributed by atoms with Gasteiger partial charge in [0.15, 0.2) is 0 Å². The van der Waals surface area contributed by atoms with Gasteiger partial charge in [0.05, 0.1) is 5.37 Å². The first-order valence-electron chi connectivity index (χ1n) is 7.97. The molecule has 4 rings (SSSR count). The third-order valence-corrected chi connectivity index (χ3v) is 5.68. The van der Waals surface area contributed by atoms with Crippen LogP contribution >= 0.6 is 11.8 Å². The average molecular weight is 317 g/mol. The number of fused-ring (bicyclic) bond motifs is 1. The van der Waals surface area contributed by atoms with Crippen LogP contribution in [0.3, 0.4) is 0 Å². The van der Waals surface area contributed by atoms with Crippen LogP contribution < -0.4 is 0 Å². The topological polar surface area (TPSA) is 3.24 Å². The van der Waals surface area contributed by atoms with Crippen LogP contribution in [0.5, 0.6) is 0 Å². The number of benzene rings is 3. The standard InChI is InChI=1S/C21H19NS/c1-3-9-17(10-4-1)15-22-16-19-13-7-8-14-20(19)23-21(22)18-11-5-2-6-12-18/h1-14,21H,15-16H2. The van der Waals surface area contributed by atoms with E-state index >= 15 is 0 Å². The van der Waals surface area contributed by atoms with E-state index in [9.17, 15) is 0 Å². The number of nitrogens with zero attached hydrogens (tertiary/aromatic N) is 1. The van der Waals surface area contributed by atoms with Crippen LogP contribution in [0.2, 0.25) is 0 Å². The Morgan fingerprint density at radius 2 is 1.43 bits per heavy atom. The molecule has 0 fully saturated rings. The van der Waals surface area contributed by atoms with Gasteiger partial charge in [-0.2, -0.15) is 0 Å².